The van der Waals surface area contributed by atoms with E-state index < -0.39 is 10.5 Å². The number of hydrogen-bond acceptors (Lipinski definition) is 6. The number of carbonyl (C=O) groups is 1. The van der Waals surface area contributed by atoms with Gasteiger partial charge in [0.2, 0.25) is 5.91 Å². The normalized spacial score (nSPS) is 25.6. The molecule has 20 heavy (non-hydrogen) atoms. The van der Waals surface area contributed by atoms with Gasteiger partial charge in [-0.1, -0.05) is 0 Å². The lowest BCUT2D eigenvalue weighted by molar-refractivity contribution is -0.385. The molecule has 1 amide bonds. The highest BCUT2D eigenvalue weighted by atomic mass is 16.6. The fourth-order valence-corrected chi connectivity index (χ4v) is 1.99. The Labute approximate surface area is 114 Å². The summed E-state index contributed by atoms with van der Waals surface area (Å²) in [6.45, 7) is 2.14. The topological polar surface area (TPSA) is 120 Å². The second kappa shape index (κ2) is 5.55. The Morgan fingerprint density at radius 3 is 3.10 bits per heavy atom. The Kier molecular flexibility index (Phi) is 4.00. The molecule has 2 heterocycles. The number of aromatic nitrogens is 2. The van der Waals surface area contributed by atoms with Gasteiger partial charge in [0.25, 0.3) is 0 Å². The first-order chi connectivity index (χ1) is 9.40. The van der Waals surface area contributed by atoms with Crippen molar-refractivity contribution in [2.24, 2.45) is 0 Å². The summed E-state index contributed by atoms with van der Waals surface area (Å²) in [5.74, 6) is -0.379. The molecule has 1 fully saturated rings. The fraction of sp³-hybridized carbons (Fsp3) is 0.636. The van der Waals surface area contributed by atoms with E-state index in [9.17, 15) is 20.0 Å². The van der Waals surface area contributed by atoms with Crippen molar-refractivity contribution in [3.8, 4) is 0 Å². The Balaban J connectivity index is 1.84. The summed E-state index contributed by atoms with van der Waals surface area (Å²) in [5, 5.41) is 27.0. The van der Waals surface area contributed by atoms with E-state index in [1.807, 2.05) is 0 Å². The van der Waals surface area contributed by atoms with Crippen molar-refractivity contribution in [1.29, 1.82) is 0 Å². The van der Waals surface area contributed by atoms with E-state index in [4.69, 9.17) is 4.74 Å². The van der Waals surface area contributed by atoms with Crippen molar-refractivity contribution in [3.05, 3.63) is 22.5 Å². The van der Waals surface area contributed by atoms with Gasteiger partial charge >= 0.3 is 5.69 Å². The van der Waals surface area contributed by atoms with Crippen molar-refractivity contribution in [1.82, 2.24) is 15.1 Å². The zero-order valence-corrected chi connectivity index (χ0v) is 11.0. The number of ether oxygens (including phenoxy) is 1. The molecule has 0 aromatic carbocycles. The second-order valence-corrected chi connectivity index (χ2v) is 4.80. The smallest absolute Gasteiger partial charge is 0.307 e. The van der Waals surface area contributed by atoms with E-state index >= 15 is 0 Å². The number of aliphatic hydroxyl groups is 1. The first kappa shape index (κ1) is 14.4. The molecule has 9 nitrogen and oxygen atoms in total. The predicted octanol–water partition coefficient (Wildman–Crippen LogP) is -0.553. The summed E-state index contributed by atoms with van der Waals surface area (Å²) < 4.78 is 6.43. The minimum Gasteiger partial charge on any atom is -0.385 e. The average molecular weight is 284 g/mol. The molecular formula is C11H16N4O5. The van der Waals surface area contributed by atoms with Gasteiger partial charge < -0.3 is 15.2 Å². The van der Waals surface area contributed by atoms with Crippen molar-refractivity contribution >= 4 is 11.6 Å². The van der Waals surface area contributed by atoms with Crippen LogP contribution in [-0.4, -0.2) is 50.6 Å². The maximum absolute atomic E-state index is 11.7. The number of hydrogen-bond donors (Lipinski definition) is 2. The molecule has 0 radical (unpaired) electrons. The summed E-state index contributed by atoms with van der Waals surface area (Å²) in [7, 11) is 0. The Hall–Kier alpha value is -2.00. The third-order valence-corrected chi connectivity index (χ3v) is 3.39. The van der Waals surface area contributed by atoms with E-state index in [0.717, 1.165) is 6.20 Å². The number of rotatable bonds is 5. The van der Waals surface area contributed by atoms with E-state index in [-0.39, 0.29) is 30.8 Å². The van der Waals surface area contributed by atoms with E-state index in [1.165, 1.54) is 10.9 Å². The summed E-state index contributed by atoms with van der Waals surface area (Å²) in [5.41, 5.74) is -1.24. The molecule has 110 valence electrons. The Morgan fingerprint density at radius 1 is 1.80 bits per heavy atom. The van der Waals surface area contributed by atoms with Crippen LogP contribution >= 0.6 is 0 Å². The molecule has 0 spiro atoms. The molecule has 1 aliphatic heterocycles. The lowest BCUT2D eigenvalue weighted by atomic mass is 9.97. The average Bonchev–Trinajstić information content (AvgIpc) is 2.96. The van der Waals surface area contributed by atoms with Crippen LogP contribution in [0.4, 0.5) is 5.69 Å². The van der Waals surface area contributed by atoms with Crippen molar-refractivity contribution in [3.63, 3.8) is 0 Å². The van der Waals surface area contributed by atoms with Crippen molar-refractivity contribution < 1.29 is 19.6 Å². The molecular weight excluding hydrogens is 268 g/mol. The summed E-state index contributed by atoms with van der Waals surface area (Å²) in [6.07, 6.45) is 2.37. The molecule has 2 rings (SSSR count). The monoisotopic (exact) mass is 284 g/mol. The van der Waals surface area contributed by atoms with Crippen LogP contribution in [0.25, 0.3) is 0 Å². The summed E-state index contributed by atoms with van der Waals surface area (Å²) in [6, 6.07) is 0. The summed E-state index contributed by atoms with van der Waals surface area (Å²) >= 11 is 0. The van der Waals surface area contributed by atoms with Crippen molar-refractivity contribution in [2.45, 2.75) is 31.6 Å². The van der Waals surface area contributed by atoms with Gasteiger partial charge in [-0.3, -0.25) is 19.6 Å². The van der Waals surface area contributed by atoms with Crippen LogP contribution < -0.4 is 5.32 Å². The van der Waals surface area contributed by atoms with Gasteiger partial charge in [-0.15, -0.1) is 0 Å². The van der Waals surface area contributed by atoms with Crippen LogP contribution in [-0.2, 0) is 16.1 Å². The number of amides is 1. The molecule has 2 N–H and O–H groups in total. The Bertz CT molecular complexity index is 517. The number of carbonyl (C=O) groups excluding carboxylic acids is 1. The minimum atomic E-state index is -1.06. The third-order valence-electron chi connectivity index (χ3n) is 3.39. The first-order valence-corrected chi connectivity index (χ1v) is 6.18. The van der Waals surface area contributed by atoms with Gasteiger partial charge in [-0.25, -0.2) is 0 Å². The molecule has 0 aliphatic carbocycles. The van der Waals surface area contributed by atoms with E-state index in [1.54, 1.807) is 6.92 Å². The molecule has 2 atom stereocenters. The largest absolute Gasteiger partial charge is 0.385 e. The highest BCUT2D eigenvalue weighted by Crippen LogP contribution is 2.24. The van der Waals surface area contributed by atoms with Crippen molar-refractivity contribution in [2.75, 3.05) is 13.2 Å². The van der Waals surface area contributed by atoms with E-state index in [2.05, 4.69) is 10.4 Å². The number of nitro groups is 1. The molecule has 9 heteroatoms. The quantitative estimate of drug-likeness (QED) is 0.553. The van der Waals surface area contributed by atoms with E-state index in [0.29, 0.717) is 13.0 Å². The molecule has 0 saturated carbocycles. The molecule has 1 aromatic rings. The maximum atomic E-state index is 11.7. The van der Waals surface area contributed by atoms with Crippen LogP contribution in [0.3, 0.4) is 0 Å². The fourth-order valence-electron chi connectivity index (χ4n) is 1.99. The second-order valence-electron chi connectivity index (χ2n) is 4.80. The minimum absolute atomic E-state index is 0.0797. The van der Waals surface area contributed by atoms with Crippen LogP contribution in [0, 0.1) is 10.1 Å². The SMILES string of the molecule is CC1OCCC1(O)CNC(=O)Cn1cc([N+](=O)[O-])cn1. The molecule has 0 bridgehead atoms. The first-order valence-electron chi connectivity index (χ1n) is 6.18. The van der Waals surface area contributed by atoms with Gasteiger partial charge in [0.1, 0.15) is 24.5 Å². The van der Waals surface area contributed by atoms with Gasteiger partial charge in [-0.2, -0.15) is 5.10 Å². The highest BCUT2D eigenvalue weighted by Gasteiger charge is 2.39. The highest BCUT2D eigenvalue weighted by molar-refractivity contribution is 5.75. The number of nitrogens with zero attached hydrogens (tertiary/aromatic N) is 3. The standard InChI is InChI=1S/C11H16N4O5/c1-8-11(17,2-3-20-8)7-12-10(16)6-14-5-9(4-13-14)15(18)19/h4-5,8,17H,2-3,6-7H2,1H3,(H,12,16). The summed E-state index contributed by atoms with van der Waals surface area (Å²) in [4.78, 5) is 21.6. The van der Waals surface area contributed by atoms with Gasteiger partial charge in [0, 0.05) is 19.6 Å². The zero-order valence-electron chi connectivity index (χ0n) is 11.0. The van der Waals surface area contributed by atoms with Gasteiger partial charge in [-0.05, 0) is 6.92 Å². The van der Waals surface area contributed by atoms with Gasteiger partial charge in [0.15, 0.2) is 0 Å². The van der Waals surface area contributed by atoms with Crippen LogP contribution in [0.5, 0.6) is 0 Å². The third kappa shape index (κ3) is 3.11. The lowest BCUT2D eigenvalue weighted by Crippen LogP contribution is -2.48. The molecule has 2 unspecified atom stereocenters. The molecule has 1 aromatic heterocycles. The molecule has 1 aliphatic rings. The van der Waals surface area contributed by atoms with Crippen LogP contribution in [0.2, 0.25) is 0 Å². The lowest BCUT2D eigenvalue weighted by Gasteiger charge is -2.26. The zero-order chi connectivity index (χ0) is 14.8. The Morgan fingerprint density at radius 2 is 2.55 bits per heavy atom. The van der Waals surface area contributed by atoms with Crippen LogP contribution in [0.1, 0.15) is 13.3 Å². The van der Waals surface area contributed by atoms with Gasteiger partial charge in [0.05, 0.1) is 11.0 Å². The predicted molar refractivity (Wildman–Crippen MR) is 66.9 cm³/mol. The number of nitrogens with one attached hydrogen (secondary N) is 1. The van der Waals surface area contributed by atoms with Crippen LogP contribution in [0.15, 0.2) is 12.4 Å². The molecule has 1 saturated heterocycles. The maximum Gasteiger partial charge on any atom is 0.307 e.